The number of fused-ring (bicyclic) bond motifs is 1. The van der Waals surface area contributed by atoms with Crippen molar-refractivity contribution in [2.75, 3.05) is 26.7 Å². The largest absolute Gasteiger partial charge is 0.497 e. The molecular formula is C23H28N2O3+2. The summed E-state index contributed by atoms with van der Waals surface area (Å²) in [6.45, 7) is 4.23. The average molecular weight is 380 g/mol. The molecule has 1 aliphatic heterocycles. The van der Waals surface area contributed by atoms with Gasteiger partial charge in [-0.05, 0) is 12.1 Å². The van der Waals surface area contributed by atoms with E-state index >= 15 is 0 Å². The van der Waals surface area contributed by atoms with Gasteiger partial charge in [-0.3, -0.25) is 0 Å². The third-order valence-electron chi connectivity index (χ3n) is 5.74. The molecule has 146 valence electrons. The molecule has 1 fully saturated rings. The highest BCUT2D eigenvalue weighted by molar-refractivity contribution is 5.81. The molecule has 0 radical (unpaired) electrons. The van der Waals surface area contributed by atoms with Gasteiger partial charge in [0.1, 0.15) is 24.4 Å². The molecule has 0 unspecified atom stereocenters. The Hall–Kier alpha value is -2.63. The van der Waals surface area contributed by atoms with Crippen molar-refractivity contribution in [1.82, 2.24) is 0 Å². The molecule has 2 heterocycles. The summed E-state index contributed by atoms with van der Waals surface area (Å²) in [5, 5.41) is 3.29. The predicted molar refractivity (Wildman–Crippen MR) is 109 cm³/mol. The van der Waals surface area contributed by atoms with Crippen LogP contribution in [0.1, 0.15) is 30.0 Å². The van der Waals surface area contributed by atoms with Crippen molar-refractivity contribution in [1.29, 1.82) is 0 Å². The lowest BCUT2D eigenvalue weighted by atomic mass is 10.1. The molecule has 4 rings (SSSR count). The lowest BCUT2D eigenvalue weighted by molar-refractivity contribution is -0.935. The lowest BCUT2D eigenvalue weighted by Gasteiger charge is -2.23. The van der Waals surface area contributed by atoms with Gasteiger partial charge in [-0.25, -0.2) is 4.79 Å². The number of benzene rings is 2. The van der Waals surface area contributed by atoms with Crippen molar-refractivity contribution in [2.24, 2.45) is 0 Å². The highest BCUT2D eigenvalue weighted by Crippen LogP contribution is 2.22. The Morgan fingerprint density at radius 3 is 2.64 bits per heavy atom. The van der Waals surface area contributed by atoms with Gasteiger partial charge in [0.15, 0.2) is 6.04 Å². The fraction of sp³-hybridized carbons (Fsp3) is 0.348. The molecule has 1 aromatic heterocycles. The van der Waals surface area contributed by atoms with Crippen molar-refractivity contribution in [3.05, 3.63) is 76.1 Å². The third-order valence-corrected chi connectivity index (χ3v) is 5.74. The average Bonchev–Trinajstić information content (AvgIpc) is 3.25. The van der Waals surface area contributed by atoms with Gasteiger partial charge in [-0.2, -0.15) is 0 Å². The fourth-order valence-electron chi connectivity index (χ4n) is 4.31. The van der Waals surface area contributed by atoms with E-state index in [0.717, 1.165) is 24.0 Å². The van der Waals surface area contributed by atoms with Crippen LogP contribution in [0.15, 0.2) is 63.8 Å². The van der Waals surface area contributed by atoms with Gasteiger partial charge in [0.2, 0.25) is 0 Å². The smallest absolute Gasteiger partial charge is 0.336 e. The predicted octanol–water partition coefficient (Wildman–Crippen LogP) is 1.28. The lowest BCUT2D eigenvalue weighted by Crippen LogP contribution is -3.13. The van der Waals surface area contributed by atoms with E-state index in [1.54, 1.807) is 24.1 Å². The Morgan fingerprint density at radius 2 is 1.89 bits per heavy atom. The topological polar surface area (TPSA) is 60.5 Å². The minimum absolute atomic E-state index is 0.311. The van der Waals surface area contributed by atoms with Gasteiger partial charge in [0.25, 0.3) is 0 Å². The number of hydrogen-bond donors (Lipinski definition) is 2. The number of methoxy groups -OCH3 is 1. The molecule has 28 heavy (non-hydrogen) atoms. The normalized spacial score (nSPS) is 15.8. The van der Waals surface area contributed by atoms with E-state index in [2.05, 4.69) is 35.6 Å². The zero-order valence-electron chi connectivity index (χ0n) is 16.3. The van der Waals surface area contributed by atoms with Gasteiger partial charge < -0.3 is 19.4 Å². The maximum atomic E-state index is 12.0. The minimum atomic E-state index is -0.311. The SMILES string of the molecule is COc1ccc2c(C[NH2+]C[C@H](c3ccccc3)[NH+]3CCCC3)cc(=O)oc2c1. The summed E-state index contributed by atoms with van der Waals surface area (Å²) in [6, 6.07) is 18.6. The first-order valence-electron chi connectivity index (χ1n) is 10.1. The first-order chi connectivity index (χ1) is 13.7. The molecule has 1 aliphatic rings. The second-order valence-corrected chi connectivity index (χ2v) is 7.51. The summed E-state index contributed by atoms with van der Waals surface area (Å²) in [4.78, 5) is 13.7. The molecule has 0 amide bonds. The van der Waals surface area contributed by atoms with Gasteiger partial charge in [-0.1, -0.05) is 30.3 Å². The van der Waals surface area contributed by atoms with Crippen LogP contribution in [0.25, 0.3) is 11.0 Å². The van der Waals surface area contributed by atoms with Crippen molar-refractivity contribution in [3.8, 4) is 5.75 Å². The summed E-state index contributed by atoms with van der Waals surface area (Å²) in [5.41, 5.74) is 2.68. The molecule has 0 spiro atoms. The van der Waals surface area contributed by atoms with Crippen molar-refractivity contribution >= 4 is 11.0 Å². The molecule has 0 saturated carbocycles. The van der Waals surface area contributed by atoms with E-state index in [4.69, 9.17) is 9.15 Å². The van der Waals surface area contributed by atoms with Gasteiger partial charge in [-0.15, -0.1) is 0 Å². The number of quaternary nitrogens is 2. The van der Waals surface area contributed by atoms with E-state index in [1.165, 1.54) is 31.5 Å². The zero-order chi connectivity index (χ0) is 19.3. The molecule has 0 bridgehead atoms. The Balaban J connectivity index is 1.52. The molecule has 1 saturated heterocycles. The third kappa shape index (κ3) is 4.11. The van der Waals surface area contributed by atoms with Crippen LogP contribution in [0.4, 0.5) is 0 Å². The monoisotopic (exact) mass is 380 g/mol. The van der Waals surface area contributed by atoms with Crippen LogP contribution in [-0.4, -0.2) is 26.7 Å². The summed E-state index contributed by atoms with van der Waals surface area (Å²) in [6.07, 6.45) is 2.62. The first-order valence-corrected chi connectivity index (χ1v) is 10.1. The number of nitrogens with two attached hydrogens (primary N) is 1. The second-order valence-electron chi connectivity index (χ2n) is 7.51. The van der Waals surface area contributed by atoms with Gasteiger partial charge in [0, 0.05) is 41.5 Å². The van der Waals surface area contributed by atoms with Crippen molar-refractivity contribution in [3.63, 3.8) is 0 Å². The Bertz CT molecular complexity index is 978. The maximum Gasteiger partial charge on any atom is 0.336 e. The van der Waals surface area contributed by atoms with Crippen LogP contribution >= 0.6 is 0 Å². The first kappa shape index (κ1) is 18.7. The van der Waals surface area contributed by atoms with E-state index < -0.39 is 0 Å². The molecule has 3 N–H and O–H groups in total. The molecule has 1 atom stereocenters. The summed E-state index contributed by atoms with van der Waals surface area (Å²) in [7, 11) is 1.61. The highest BCUT2D eigenvalue weighted by atomic mass is 16.5. The molecular weight excluding hydrogens is 352 g/mol. The van der Waals surface area contributed by atoms with Crippen LogP contribution in [-0.2, 0) is 6.54 Å². The highest BCUT2D eigenvalue weighted by Gasteiger charge is 2.28. The van der Waals surface area contributed by atoms with Crippen LogP contribution < -0.4 is 20.6 Å². The summed E-state index contributed by atoms with van der Waals surface area (Å²) >= 11 is 0. The second kappa shape index (κ2) is 8.59. The van der Waals surface area contributed by atoms with E-state index in [0.29, 0.717) is 17.4 Å². The van der Waals surface area contributed by atoms with E-state index in [1.807, 2.05) is 12.1 Å². The quantitative estimate of drug-likeness (QED) is 0.607. The zero-order valence-corrected chi connectivity index (χ0v) is 16.3. The molecule has 5 nitrogen and oxygen atoms in total. The van der Waals surface area contributed by atoms with E-state index in [-0.39, 0.29) is 5.63 Å². The van der Waals surface area contributed by atoms with Crippen LogP contribution in [0.3, 0.4) is 0 Å². The summed E-state index contributed by atoms with van der Waals surface area (Å²) < 4.78 is 10.6. The fourth-order valence-corrected chi connectivity index (χ4v) is 4.31. The Morgan fingerprint density at radius 1 is 1.11 bits per heavy atom. The maximum absolute atomic E-state index is 12.0. The minimum Gasteiger partial charge on any atom is -0.497 e. The standard InChI is InChI=1S/C23H26N2O3/c1-27-19-9-10-20-18(13-23(26)28-22(20)14-19)15-24-16-21(25-11-5-6-12-25)17-7-3-2-4-8-17/h2-4,7-10,13-14,21,24H,5-6,11-12,15-16H2,1H3/p+2/t21-/m1/s1. The molecule has 0 aliphatic carbocycles. The Labute approximate surface area is 164 Å². The number of rotatable bonds is 7. The van der Waals surface area contributed by atoms with Crippen LogP contribution in [0.2, 0.25) is 0 Å². The van der Waals surface area contributed by atoms with E-state index in [9.17, 15) is 4.79 Å². The number of nitrogens with one attached hydrogen (secondary N) is 1. The molecule has 2 aromatic carbocycles. The van der Waals surface area contributed by atoms with Crippen LogP contribution in [0.5, 0.6) is 5.75 Å². The molecule has 5 heteroatoms. The van der Waals surface area contributed by atoms with Crippen molar-refractivity contribution in [2.45, 2.75) is 25.4 Å². The summed E-state index contributed by atoms with van der Waals surface area (Å²) in [5.74, 6) is 0.693. The van der Waals surface area contributed by atoms with Crippen molar-refractivity contribution < 1.29 is 19.4 Å². The van der Waals surface area contributed by atoms with Gasteiger partial charge in [0.05, 0.1) is 20.2 Å². The van der Waals surface area contributed by atoms with Crippen LogP contribution in [0, 0.1) is 0 Å². The number of likely N-dealkylation sites (tertiary alicyclic amines) is 1. The molecule has 3 aromatic rings. The van der Waals surface area contributed by atoms with Gasteiger partial charge >= 0.3 is 5.63 Å². The number of hydrogen-bond acceptors (Lipinski definition) is 3. The Kier molecular flexibility index (Phi) is 5.74. The number of ether oxygens (including phenoxy) is 1.